The van der Waals surface area contributed by atoms with E-state index in [1.807, 2.05) is 37.3 Å². The molecular formula is C22H32Cl2N2O4S. The second-order valence-corrected chi connectivity index (χ2v) is 9.96. The monoisotopic (exact) mass is 490 g/mol. The van der Waals surface area contributed by atoms with Crippen LogP contribution in [0.2, 0.25) is 0 Å². The molecule has 0 bridgehead atoms. The number of hydrogen-bond donors (Lipinski definition) is 3. The van der Waals surface area contributed by atoms with E-state index in [2.05, 4.69) is 5.32 Å². The quantitative estimate of drug-likeness (QED) is 0.325. The van der Waals surface area contributed by atoms with E-state index in [9.17, 15) is 14.7 Å². The average molecular weight is 491 g/mol. The molecule has 1 amide bonds. The van der Waals surface area contributed by atoms with Crippen molar-refractivity contribution < 1.29 is 19.4 Å². The number of carbonyl (C=O) groups excluding carboxylic acids is 2. The maximum atomic E-state index is 13.0. The van der Waals surface area contributed by atoms with Crippen LogP contribution in [0, 0.1) is 5.92 Å². The molecule has 0 heterocycles. The minimum Gasteiger partial charge on any atom is -0.391 e. The van der Waals surface area contributed by atoms with Gasteiger partial charge in [0.2, 0.25) is 11.0 Å². The number of halogens is 2. The van der Waals surface area contributed by atoms with Crippen molar-refractivity contribution in [2.75, 3.05) is 18.9 Å². The Hall–Kier alpha value is -0.830. The van der Waals surface area contributed by atoms with E-state index in [0.29, 0.717) is 25.3 Å². The second kappa shape index (κ2) is 13.7. The number of alkyl halides is 2. The number of carbonyl (C=O) groups is 2. The van der Waals surface area contributed by atoms with Gasteiger partial charge in [-0.3, -0.25) is 9.59 Å². The standard InChI is InChI=1S/C22H32Cl2N2O4S/c1-2-31-22(29)17(12-14-8-4-3-5-9-14)26-21(28)15-13-16(23)20(18(24)19(15)27)30-11-7-6-10-25/h3-5,8-9,15-20,27H,2,6-7,10-13,25H2,1H3,(H,26,28)/t15?,16?,17-,18?,19?,20?/m1/s1. The molecule has 1 aromatic carbocycles. The fourth-order valence-electron chi connectivity index (χ4n) is 3.62. The summed E-state index contributed by atoms with van der Waals surface area (Å²) in [7, 11) is 0. The van der Waals surface area contributed by atoms with E-state index in [1.54, 1.807) is 0 Å². The van der Waals surface area contributed by atoms with Gasteiger partial charge in [-0.15, -0.1) is 23.2 Å². The number of nitrogens with one attached hydrogen (secondary N) is 1. The van der Waals surface area contributed by atoms with Crippen LogP contribution in [0.25, 0.3) is 0 Å². The number of nitrogens with two attached hydrogens (primary N) is 1. The number of unbranched alkanes of at least 4 members (excludes halogenated alkanes) is 1. The highest BCUT2D eigenvalue weighted by atomic mass is 35.5. The van der Waals surface area contributed by atoms with Crippen LogP contribution in [-0.2, 0) is 20.7 Å². The van der Waals surface area contributed by atoms with Crippen molar-refractivity contribution in [1.82, 2.24) is 5.32 Å². The van der Waals surface area contributed by atoms with E-state index in [1.165, 1.54) is 11.8 Å². The van der Waals surface area contributed by atoms with Gasteiger partial charge in [-0.1, -0.05) is 49.0 Å². The summed E-state index contributed by atoms with van der Waals surface area (Å²) in [6, 6.07) is 8.80. The maximum Gasteiger partial charge on any atom is 0.226 e. The van der Waals surface area contributed by atoms with Crippen LogP contribution in [0.4, 0.5) is 0 Å². The highest BCUT2D eigenvalue weighted by Gasteiger charge is 2.46. The van der Waals surface area contributed by atoms with Gasteiger partial charge in [0.05, 0.1) is 28.9 Å². The SMILES string of the molecule is CCSC(=O)[C@@H](Cc1ccccc1)NC(=O)C1CC(Cl)C(OCCCCN)C(Cl)C1O. The Labute approximate surface area is 198 Å². The van der Waals surface area contributed by atoms with Gasteiger partial charge in [0.15, 0.2) is 0 Å². The normalized spacial score (nSPS) is 26.9. The van der Waals surface area contributed by atoms with E-state index >= 15 is 0 Å². The van der Waals surface area contributed by atoms with Crippen LogP contribution < -0.4 is 11.1 Å². The lowest BCUT2D eigenvalue weighted by Crippen LogP contribution is -2.56. The number of aliphatic hydroxyl groups excluding tert-OH is 1. The van der Waals surface area contributed by atoms with Crippen LogP contribution >= 0.6 is 35.0 Å². The molecule has 1 aliphatic rings. The van der Waals surface area contributed by atoms with Crippen LogP contribution in [0.1, 0.15) is 31.7 Å². The van der Waals surface area contributed by atoms with Crippen LogP contribution in [0.5, 0.6) is 0 Å². The summed E-state index contributed by atoms with van der Waals surface area (Å²) in [5.74, 6) is -0.620. The van der Waals surface area contributed by atoms with Crippen molar-refractivity contribution >= 4 is 46.0 Å². The molecule has 1 fully saturated rings. The van der Waals surface area contributed by atoms with Gasteiger partial charge in [0.1, 0.15) is 6.04 Å². The molecule has 6 atom stereocenters. The molecule has 0 saturated heterocycles. The van der Waals surface area contributed by atoms with Gasteiger partial charge in [0.25, 0.3) is 0 Å². The van der Waals surface area contributed by atoms with Crippen molar-refractivity contribution in [3.8, 4) is 0 Å². The fraction of sp³-hybridized carbons (Fsp3) is 0.636. The maximum absolute atomic E-state index is 13.0. The molecule has 6 nitrogen and oxygen atoms in total. The molecule has 1 aliphatic carbocycles. The Morgan fingerprint density at radius 1 is 1.29 bits per heavy atom. The predicted molar refractivity (Wildman–Crippen MR) is 127 cm³/mol. The summed E-state index contributed by atoms with van der Waals surface area (Å²) < 4.78 is 5.77. The lowest BCUT2D eigenvalue weighted by Gasteiger charge is -2.39. The first-order valence-electron chi connectivity index (χ1n) is 10.7. The fourth-order valence-corrected chi connectivity index (χ4v) is 5.17. The number of ether oxygens (including phenoxy) is 1. The van der Waals surface area contributed by atoms with E-state index in [-0.39, 0.29) is 11.5 Å². The highest BCUT2D eigenvalue weighted by molar-refractivity contribution is 8.13. The van der Waals surface area contributed by atoms with Crippen LogP contribution in [-0.4, -0.2) is 64.0 Å². The van der Waals surface area contributed by atoms with Crippen LogP contribution in [0.3, 0.4) is 0 Å². The van der Waals surface area contributed by atoms with Gasteiger partial charge in [-0.2, -0.15) is 0 Å². The molecule has 5 unspecified atom stereocenters. The summed E-state index contributed by atoms with van der Waals surface area (Å²) in [5.41, 5.74) is 6.43. The van der Waals surface area contributed by atoms with Crippen molar-refractivity contribution in [3.05, 3.63) is 35.9 Å². The van der Waals surface area contributed by atoms with Crippen molar-refractivity contribution in [3.63, 3.8) is 0 Å². The summed E-state index contributed by atoms with van der Waals surface area (Å²) in [5, 5.41) is 12.1. The van der Waals surface area contributed by atoms with Gasteiger partial charge in [-0.25, -0.2) is 0 Å². The third-order valence-electron chi connectivity index (χ3n) is 5.30. The van der Waals surface area contributed by atoms with Crippen molar-refractivity contribution in [2.24, 2.45) is 11.7 Å². The van der Waals surface area contributed by atoms with E-state index in [0.717, 1.165) is 18.4 Å². The Morgan fingerprint density at radius 3 is 2.65 bits per heavy atom. The Bertz CT molecular complexity index is 697. The number of amides is 1. The predicted octanol–water partition coefficient (Wildman–Crippen LogP) is 2.71. The van der Waals surface area contributed by atoms with Gasteiger partial charge in [0, 0.05) is 13.0 Å². The summed E-state index contributed by atoms with van der Waals surface area (Å²) in [4.78, 5) is 25.6. The summed E-state index contributed by atoms with van der Waals surface area (Å²) in [6.45, 7) is 2.91. The Kier molecular flexibility index (Phi) is 11.6. The molecule has 0 aromatic heterocycles. The molecule has 1 aromatic rings. The third kappa shape index (κ3) is 7.91. The zero-order valence-corrected chi connectivity index (χ0v) is 20.0. The van der Waals surface area contributed by atoms with Gasteiger partial charge in [-0.05, 0) is 37.1 Å². The van der Waals surface area contributed by atoms with E-state index in [4.69, 9.17) is 33.7 Å². The highest BCUT2D eigenvalue weighted by Crippen LogP contribution is 2.34. The Balaban J connectivity index is 2.03. The number of rotatable bonds is 11. The van der Waals surface area contributed by atoms with Gasteiger partial charge < -0.3 is 20.9 Å². The number of hydrogen-bond acceptors (Lipinski definition) is 6. The molecular weight excluding hydrogens is 459 g/mol. The topological polar surface area (TPSA) is 102 Å². The van der Waals surface area contributed by atoms with Crippen molar-refractivity contribution in [2.45, 2.75) is 61.6 Å². The minimum absolute atomic E-state index is 0.115. The number of aliphatic hydroxyl groups is 1. The first kappa shape index (κ1) is 26.4. The number of thioether (sulfide) groups is 1. The largest absolute Gasteiger partial charge is 0.391 e. The third-order valence-corrected chi connectivity index (χ3v) is 7.09. The first-order chi connectivity index (χ1) is 14.9. The van der Waals surface area contributed by atoms with Crippen molar-refractivity contribution in [1.29, 1.82) is 0 Å². The molecule has 0 radical (unpaired) electrons. The average Bonchev–Trinajstić information content (AvgIpc) is 2.76. The zero-order valence-electron chi connectivity index (χ0n) is 17.7. The molecule has 0 aliphatic heterocycles. The summed E-state index contributed by atoms with van der Waals surface area (Å²) in [6.07, 6.45) is 0.515. The molecule has 31 heavy (non-hydrogen) atoms. The molecule has 0 spiro atoms. The molecule has 2 rings (SSSR count). The number of benzene rings is 1. The lowest BCUT2D eigenvalue weighted by molar-refractivity contribution is -0.134. The molecule has 4 N–H and O–H groups in total. The molecule has 1 saturated carbocycles. The minimum atomic E-state index is -1.12. The molecule has 174 valence electrons. The Morgan fingerprint density at radius 2 is 2.00 bits per heavy atom. The van der Waals surface area contributed by atoms with Gasteiger partial charge >= 0.3 is 0 Å². The van der Waals surface area contributed by atoms with E-state index < -0.39 is 40.8 Å². The second-order valence-electron chi connectivity index (χ2n) is 7.63. The summed E-state index contributed by atoms with van der Waals surface area (Å²) >= 11 is 14.1. The smallest absolute Gasteiger partial charge is 0.226 e. The lowest BCUT2D eigenvalue weighted by atomic mass is 9.83. The first-order valence-corrected chi connectivity index (χ1v) is 12.5. The van der Waals surface area contributed by atoms with Crippen LogP contribution in [0.15, 0.2) is 30.3 Å². The zero-order chi connectivity index (χ0) is 22.8. The molecule has 9 heteroatoms.